The molecule has 8 heteroatoms. The van der Waals surface area contributed by atoms with Crippen molar-refractivity contribution in [3.8, 4) is 5.75 Å². The third-order valence-corrected chi connectivity index (χ3v) is 5.41. The van der Waals surface area contributed by atoms with E-state index in [2.05, 4.69) is 15.4 Å². The lowest BCUT2D eigenvalue weighted by atomic mass is 10.1. The smallest absolute Gasteiger partial charge is 0.413 e. The Morgan fingerprint density at radius 2 is 1.85 bits per heavy atom. The molecule has 0 aliphatic heterocycles. The van der Waals surface area contributed by atoms with Gasteiger partial charge in [0.2, 0.25) is 0 Å². The van der Waals surface area contributed by atoms with Crippen molar-refractivity contribution in [2.45, 2.75) is 26.2 Å². The second kappa shape index (κ2) is 8.22. The summed E-state index contributed by atoms with van der Waals surface area (Å²) >= 11 is 1.38. The van der Waals surface area contributed by atoms with Gasteiger partial charge in [-0.1, -0.05) is 0 Å². The number of carbonyl (C=O) groups excluding carboxylic acids is 3. The molecule has 27 heavy (non-hydrogen) atoms. The van der Waals surface area contributed by atoms with Crippen LogP contribution < -0.4 is 15.4 Å². The van der Waals surface area contributed by atoms with Crippen LogP contribution in [0.3, 0.4) is 0 Å². The highest BCUT2D eigenvalue weighted by molar-refractivity contribution is 7.17. The van der Waals surface area contributed by atoms with Crippen molar-refractivity contribution in [1.82, 2.24) is 5.32 Å². The highest BCUT2D eigenvalue weighted by atomic mass is 32.1. The predicted molar refractivity (Wildman–Crippen MR) is 102 cm³/mol. The molecule has 1 heterocycles. The summed E-state index contributed by atoms with van der Waals surface area (Å²) in [5.74, 6) is -0.212. The van der Waals surface area contributed by atoms with Crippen LogP contribution in [0.25, 0.3) is 0 Å². The largest absolute Gasteiger partial charge is 0.494 e. The van der Waals surface area contributed by atoms with E-state index >= 15 is 0 Å². The maximum Gasteiger partial charge on any atom is 0.413 e. The van der Waals surface area contributed by atoms with Gasteiger partial charge in [0.1, 0.15) is 10.8 Å². The number of rotatable bonds is 5. The quantitative estimate of drug-likeness (QED) is 0.819. The summed E-state index contributed by atoms with van der Waals surface area (Å²) in [5.41, 5.74) is 1.69. The van der Waals surface area contributed by atoms with E-state index in [0.717, 1.165) is 29.7 Å². The Balaban J connectivity index is 1.83. The molecular weight excluding hydrogens is 368 g/mol. The Morgan fingerprint density at radius 1 is 1.11 bits per heavy atom. The highest BCUT2D eigenvalue weighted by Crippen LogP contribution is 2.39. The molecule has 2 aromatic rings. The lowest BCUT2D eigenvalue weighted by molar-refractivity contribution is 0.0937. The van der Waals surface area contributed by atoms with Crippen molar-refractivity contribution in [3.63, 3.8) is 0 Å². The second-order valence-corrected chi connectivity index (χ2v) is 7.02. The third kappa shape index (κ3) is 4.11. The van der Waals surface area contributed by atoms with Gasteiger partial charge in [-0.2, -0.15) is 0 Å². The molecule has 1 aromatic carbocycles. The minimum atomic E-state index is -0.832. The second-order valence-electron chi connectivity index (χ2n) is 5.92. The first kappa shape index (κ1) is 18.9. The minimum Gasteiger partial charge on any atom is -0.494 e. The number of fused-ring (bicyclic) bond motifs is 1. The van der Waals surface area contributed by atoms with Crippen molar-refractivity contribution >= 4 is 34.2 Å². The van der Waals surface area contributed by atoms with E-state index in [1.807, 2.05) is 6.92 Å². The average molecular weight is 388 g/mol. The van der Waals surface area contributed by atoms with E-state index in [-0.39, 0.29) is 5.91 Å². The highest BCUT2D eigenvalue weighted by Gasteiger charge is 2.28. The first-order valence-corrected chi connectivity index (χ1v) is 9.43. The number of hydrogen-bond donors (Lipinski definition) is 2. The number of nitrogens with one attached hydrogen (secondary N) is 2. The molecule has 0 fully saturated rings. The molecule has 0 radical (unpaired) electrons. The zero-order chi connectivity index (χ0) is 19.4. The first-order chi connectivity index (χ1) is 13.0. The number of hydrogen-bond acceptors (Lipinski definition) is 6. The van der Waals surface area contributed by atoms with Crippen molar-refractivity contribution in [3.05, 3.63) is 45.8 Å². The van der Waals surface area contributed by atoms with Crippen LogP contribution in [0.1, 0.15) is 44.5 Å². The van der Waals surface area contributed by atoms with Gasteiger partial charge in [-0.15, -0.1) is 11.3 Å². The van der Waals surface area contributed by atoms with Gasteiger partial charge in [-0.3, -0.25) is 14.9 Å². The van der Waals surface area contributed by atoms with Crippen LogP contribution in [-0.2, 0) is 17.6 Å². The van der Waals surface area contributed by atoms with Crippen molar-refractivity contribution in [1.29, 1.82) is 0 Å². The maximum atomic E-state index is 12.6. The third-order valence-electron chi connectivity index (χ3n) is 4.20. The van der Waals surface area contributed by atoms with Crippen LogP contribution in [-0.4, -0.2) is 31.6 Å². The summed E-state index contributed by atoms with van der Waals surface area (Å²) in [6, 6.07) is 6.76. The fourth-order valence-corrected chi connectivity index (χ4v) is 4.27. The molecule has 0 unspecified atom stereocenters. The molecule has 3 rings (SSSR count). The Morgan fingerprint density at radius 3 is 2.52 bits per heavy atom. The van der Waals surface area contributed by atoms with Gasteiger partial charge in [0.05, 0.1) is 19.3 Å². The number of thiophene rings is 1. The van der Waals surface area contributed by atoms with Crippen LogP contribution in [0.4, 0.5) is 9.80 Å². The van der Waals surface area contributed by atoms with Gasteiger partial charge >= 0.3 is 6.09 Å². The number of aryl methyl sites for hydroxylation is 1. The summed E-state index contributed by atoms with van der Waals surface area (Å²) in [4.78, 5) is 37.6. The Bertz CT molecular complexity index is 873. The number of alkyl carbamates (subject to hydrolysis) is 1. The summed E-state index contributed by atoms with van der Waals surface area (Å²) in [7, 11) is 1.19. The molecule has 1 aliphatic rings. The maximum absolute atomic E-state index is 12.6. The molecule has 0 atom stereocenters. The zero-order valence-corrected chi connectivity index (χ0v) is 15.9. The van der Waals surface area contributed by atoms with Crippen LogP contribution >= 0.6 is 11.3 Å². The van der Waals surface area contributed by atoms with E-state index in [1.165, 1.54) is 18.4 Å². The van der Waals surface area contributed by atoms with Gasteiger partial charge in [0, 0.05) is 10.4 Å². The molecule has 0 saturated heterocycles. The minimum absolute atomic E-state index is 0.329. The van der Waals surface area contributed by atoms with Gasteiger partial charge in [-0.05, 0) is 56.0 Å². The fraction of sp³-hybridized carbons (Fsp3) is 0.316. The van der Waals surface area contributed by atoms with E-state index in [9.17, 15) is 14.4 Å². The normalized spacial score (nSPS) is 12.2. The van der Waals surface area contributed by atoms with E-state index in [1.54, 1.807) is 24.3 Å². The summed E-state index contributed by atoms with van der Waals surface area (Å²) in [6.45, 7) is 2.43. The number of imide groups is 1. The van der Waals surface area contributed by atoms with E-state index < -0.39 is 12.0 Å². The molecule has 2 N–H and O–H groups in total. The molecule has 142 valence electrons. The summed E-state index contributed by atoms with van der Waals surface area (Å²) in [5, 5.41) is 5.43. The van der Waals surface area contributed by atoms with Gasteiger partial charge in [-0.25, -0.2) is 4.79 Å². The van der Waals surface area contributed by atoms with Gasteiger partial charge in [0.15, 0.2) is 0 Å². The fourth-order valence-electron chi connectivity index (χ4n) is 2.98. The molecule has 1 aromatic heterocycles. The number of benzene rings is 1. The van der Waals surface area contributed by atoms with Crippen LogP contribution in [0.15, 0.2) is 24.3 Å². The molecule has 7 nitrogen and oxygen atoms in total. The standard InChI is InChI=1S/C19H20N2O5S/c1-3-26-12-9-7-11(8-10-12)16(22)20-18-15(17(23)21-19(24)25-2)13-5-4-6-14(13)27-18/h7-10H,3-6H2,1-2H3,(H,20,22)(H,21,23,24). The number of methoxy groups -OCH3 is 1. The van der Waals surface area contributed by atoms with E-state index in [0.29, 0.717) is 28.5 Å². The molecule has 0 spiro atoms. The number of carbonyl (C=O) groups is 3. The lowest BCUT2D eigenvalue weighted by Gasteiger charge is -2.09. The topological polar surface area (TPSA) is 93.7 Å². The van der Waals surface area contributed by atoms with E-state index in [4.69, 9.17) is 4.74 Å². The van der Waals surface area contributed by atoms with Gasteiger partial charge < -0.3 is 14.8 Å². The van der Waals surface area contributed by atoms with Crippen LogP contribution in [0.2, 0.25) is 0 Å². The number of anilines is 1. The van der Waals surface area contributed by atoms with Crippen molar-refractivity contribution < 1.29 is 23.9 Å². The Kier molecular flexibility index (Phi) is 5.75. The molecule has 0 saturated carbocycles. The van der Waals surface area contributed by atoms with Crippen LogP contribution in [0.5, 0.6) is 5.75 Å². The predicted octanol–water partition coefficient (Wildman–Crippen LogP) is 3.38. The van der Waals surface area contributed by atoms with Crippen molar-refractivity contribution in [2.75, 3.05) is 19.0 Å². The monoisotopic (exact) mass is 388 g/mol. The Labute approximate surface area is 160 Å². The summed E-state index contributed by atoms with van der Waals surface area (Å²) in [6.07, 6.45) is 1.72. The molecular formula is C19H20N2O5S. The average Bonchev–Trinajstić information content (AvgIpc) is 3.22. The first-order valence-electron chi connectivity index (χ1n) is 8.61. The number of amides is 3. The molecule has 3 amide bonds. The zero-order valence-electron chi connectivity index (χ0n) is 15.1. The summed E-state index contributed by atoms with van der Waals surface area (Å²) < 4.78 is 9.86. The number of ether oxygens (including phenoxy) is 2. The lowest BCUT2D eigenvalue weighted by Crippen LogP contribution is -2.31. The Hall–Kier alpha value is -2.87. The van der Waals surface area contributed by atoms with Gasteiger partial charge in [0.25, 0.3) is 11.8 Å². The van der Waals surface area contributed by atoms with Crippen LogP contribution in [0, 0.1) is 0 Å². The molecule has 0 bridgehead atoms. The molecule has 1 aliphatic carbocycles. The SMILES string of the molecule is CCOc1ccc(C(=O)Nc2sc3c(c2C(=O)NC(=O)OC)CCC3)cc1. The van der Waals surface area contributed by atoms with Crippen molar-refractivity contribution in [2.24, 2.45) is 0 Å².